The first-order valence-corrected chi connectivity index (χ1v) is 14.1. The molecule has 5 heterocycles. The van der Waals surface area contributed by atoms with Gasteiger partial charge in [0.2, 0.25) is 0 Å². The van der Waals surface area contributed by atoms with E-state index in [9.17, 15) is 0 Å². The Morgan fingerprint density at radius 1 is 0.789 bits per heavy atom. The van der Waals surface area contributed by atoms with Crippen LogP contribution in [0.4, 0.5) is 11.4 Å². The van der Waals surface area contributed by atoms with Crippen LogP contribution in [-0.4, -0.2) is 16.8 Å². The van der Waals surface area contributed by atoms with Gasteiger partial charge in [-0.25, -0.2) is 0 Å². The standard InChI is InChI=1S/C34H27BN2O/c1-33-17-9-10-18-34(33,2)37-26-15-7-5-13-24(26)35-28-29-22(19-23(33)31(28)37)20-11-3-6-14-25(20)36(29)30-21-12-4-8-16-27(21)38-32(30)35/h3-8,11-16,19H,9-10,17-18H2,1-2H3. The van der Waals surface area contributed by atoms with Crippen molar-refractivity contribution in [2.24, 2.45) is 0 Å². The summed E-state index contributed by atoms with van der Waals surface area (Å²) in [6.07, 6.45) is 5.05. The molecule has 4 aromatic carbocycles. The number of anilines is 2. The topological polar surface area (TPSA) is 21.3 Å². The first-order valence-electron chi connectivity index (χ1n) is 14.1. The molecule has 1 saturated carbocycles. The van der Waals surface area contributed by atoms with Gasteiger partial charge in [-0.15, -0.1) is 0 Å². The van der Waals surface area contributed by atoms with Crippen LogP contribution in [0.3, 0.4) is 0 Å². The number of furan rings is 1. The van der Waals surface area contributed by atoms with Crippen LogP contribution in [0.5, 0.6) is 0 Å². The first kappa shape index (κ1) is 20.1. The van der Waals surface area contributed by atoms with Crippen LogP contribution >= 0.6 is 0 Å². The van der Waals surface area contributed by atoms with Crippen LogP contribution in [0, 0.1) is 0 Å². The van der Waals surface area contributed by atoms with Crippen molar-refractivity contribution in [1.82, 2.24) is 4.57 Å². The summed E-state index contributed by atoms with van der Waals surface area (Å²) < 4.78 is 9.41. The minimum Gasteiger partial charge on any atom is -0.468 e. The third-order valence-electron chi connectivity index (χ3n) is 10.9. The van der Waals surface area contributed by atoms with Gasteiger partial charge in [-0.05, 0) is 66.6 Å². The van der Waals surface area contributed by atoms with E-state index >= 15 is 0 Å². The van der Waals surface area contributed by atoms with Gasteiger partial charge < -0.3 is 13.9 Å². The molecule has 182 valence electrons. The van der Waals surface area contributed by atoms with Gasteiger partial charge in [0.1, 0.15) is 5.58 Å². The molecular weight excluding hydrogens is 463 g/mol. The van der Waals surface area contributed by atoms with Gasteiger partial charge in [0.25, 0.3) is 6.71 Å². The molecule has 1 fully saturated rings. The van der Waals surface area contributed by atoms with Gasteiger partial charge in [-0.1, -0.05) is 68.3 Å². The zero-order valence-corrected chi connectivity index (χ0v) is 21.7. The highest BCUT2D eigenvalue weighted by atomic mass is 16.3. The minimum absolute atomic E-state index is 0.0543. The summed E-state index contributed by atoms with van der Waals surface area (Å²) in [6.45, 7) is 5.19. The van der Waals surface area contributed by atoms with Gasteiger partial charge in [0.05, 0.1) is 27.9 Å². The lowest BCUT2D eigenvalue weighted by atomic mass is 9.36. The number of aromatic nitrogens is 1. The van der Waals surface area contributed by atoms with E-state index in [-0.39, 0.29) is 17.7 Å². The minimum atomic E-state index is 0.0543. The number of benzene rings is 4. The highest BCUT2D eigenvalue weighted by Crippen LogP contribution is 2.62. The molecule has 3 aliphatic heterocycles. The Morgan fingerprint density at radius 3 is 2.47 bits per heavy atom. The van der Waals surface area contributed by atoms with Crippen molar-refractivity contribution in [2.45, 2.75) is 50.5 Å². The Labute approximate surface area is 221 Å². The SMILES string of the molecule is CC12CCCCC1(C)N1c3ccccc3B3c4oc5ccccc5c4-n4c5ccccc5c5cc2c1c3c54. The normalized spacial score (nSPS) is 24.3. The smallest absolute Gasteiger partial charge is 0.297 e. The van der Waals surface area contributed by atoms with Crippen molar-refractivity contribution >= 4 is 67.4 Å². The Hall–Kier alpha value is -3.92. The van der Waals surface area contributed by atoms with E-state index in [0.717, 1.165) is 11.2 Å². The Balaban J connectivity index is 1.50. The molecular formula is C34H27BN2O. The Kier molecular flexibility index (Phi) is 3.28. The molecule has 0 N–H and O–H groups in total. The summed E-state index contributed by atoms with van der Waals surface area (Å²) in [7, 11) is 0. The molecule has 2 aromatic heterocycles. The van der Waals surface area contributed by atoms with Crippen LogP contribution in [0.25, 0.3) is 38.5 Å². The van der Waals surface area contributed by atoms with Crippen molar-refractivity contribution in [3.8, 4) is 5.69 Å². The Morgan fingerprint density at radius 2 is 1.55 bits per heavy atom. The Bertz CT molecular complexity index is 2050. The second-order valence-electron chi connectivity index (χ2n) is 12.4. The van der Waals surface area contributed by atoms with E-state index in [2.05, 4.69) is 102 Å². The summed E-state index contributed by atoms with van der Waals surface area (Å²) in [5.74, 6) is 0. The lowest BCUT2D eigenvalue weighted by molar-refractivity contribution is 0.195. The van der Waals surface area contributed by atoms with Crippen molar-refractivity contribution in [3.63, 3.8) is 0 Å². The summed E-state index contributed by atoms with van der Waals surface area (Å²) in [4.78, 5) is 2.78. The molecule has 0 bridgehead atoms. The number of fused-ring (bicyclic) bond motifs is 14. The number of hydrogen-bond acceptors (Lipinski definition) is 2. The quantitative estimate of drug-likeness (QED) is 0.229. The van der Waals surface area contributed by atoms with Crippen LogP contribution < -0.4 is 21.5 Å². The van der Waals surface area contributed by atoms with Crippen LogP contribution in [0.1, 0.15) is 45.1 Å². The van der Waals surface area contributed by atoms with E-state index in [1.807, 2.05) is 0 Å². The third-order valence-corrected chi connectivity index (χ3v) is 10.9. The van der Waals surface area contributed by atoms with E-state index in [1.165, 1.54) is 80.9 Å². The molecule has 2 atom stereocenters. The van der Waals surface area contributed by atoms with Gasteiger partial charge in [-0.2, -0.15) is 0 Å². The maximum atomic E-state index is 6.87. The second-order valence-corrected chi connectivity index (χ2v) is 12.4. The molecule has 4 aliphatic rings. The highest BCUT2D eigenvalue weighted by molar-refractivity contribution is 7.00. The molecule has 10 rings (SSSR count). The molecule has 4 heteroatoms. The van der Waals surface area contributed by atoms with Crippen LogP contribution in [-0.2, 0) is 5.41 Å². The molecule has 0 spiro atoms. The van der Waals surface area contributed by atoms with Crippen molar-refractivity contribution in [1.29, 1.82) is 0 Å². The predicted molar refractivity (Wildman–Crippen MR) is 158 cm³/mol. The summed E-state index contributed by atoms with van der Waals surface area (Å²) in [5, 5.41) is 3.94. The zero-order chi connectivity index (χ0) is 25.0. The van der Waals surface area contributed by atoms with Crippen LogP contribution in [0.2, 0.25) is 0 Å². The monoisotopic (exact) mass is 490 g/mol. The van der Waals surface area contributed by atoms with E-state index in [4.69, 9.17) is 4.42 Å². The molecule has 1 aliphatic carbocycles. The molecule has 6 aromatic rings. The van der Waals surface area contributed by atoms with E-state index < -0.39 is 0 Å². The second kappa shape index (κ2) is 6.21. The van der Waals surface area contributed by atoms with Crippen LogP contribution in [0.15, 0.2) is 83.3 Å². The van der Waals surface area contributed by atoms with Gasteiger partial charge >= 0.3 is 0 Å². The largest absolute Gasteiger partial charge is 0.468 e. The summed E-state index contributed by atoms with van der Waals surface area (Å²) in [5.41, 5.74) is 13.3. The lowest BCUT2D eigenvalue weighted by Crippen LogP contribution is -2.63. The number of para-hydroxylation sites is 3. The maximum Gasteiger partial charge on any atom is 0.297 e. The number of hydrogen-bond donors (Lipinski definition) is 0. The first-order chi connectivity index (χ1) is 18.6. The van der Waals surface area contributed by atoms with Crippen molar-refractivity contribution in [2.75, 3.05) is 4.90 Å². The van der Waals surface area contributed by atoms with Gasteiger partial charge in [0, 0.05) is 32.9 Å². The zero-order valence-electron chi connectivity index (χ0n) is 21.7. The summed E-state index contributed by atoms with van der Waals surface area (Å²) in [6, 6.07) is 29.3. The third kappa shape index (κ3) is 1.92. The molecule has 0 radical (unpaired) electrons. The fourth-order valence-corrected chi connectivity index (χ4v) is 9.06. The molecule has 0 amide bonds. The number of rotatable bonds is 0. The van der Waals surface area contributed by atoms with Crippen molar-refractivity contribution in [3.05, 3.63) is 84.4 Å². The van der Waals surface area contributed by atoms with Gasteiger partial charge in [-0.3, -0.25) is 0 Å². The summed E-state index contributed by atoms with van der Waals surface area (Å²) >= 11 is 0. The van der Waals surface area contributed by atoms with E-state index in [0.29, 0.717) is 0 Å². The van der Waals surface area contributed by atoms with Gasteiger partial charge in [0.15, 0.2) is 0 Å². The highest BCUT2D eigenvalue weighted by Gasteiger charge is 2.61. The molecule has 38 heavy (non-hydrogen) atoms. The fourth-order valence-electron chi connectivity index (χ4n) is 9.06. The predicted octanol–water partition coefficient (Wildman–Crippen LogP) is 6.42. The average molecular weight is 490 g/mol. The number of nitrogens with zero attached hydrogens (tertiary/aromatic N) is 2. The lowest BCUT2D eigenvalue weighted by Gasteiger charge is -2.51. The molecule has 3 nitrogen and oxygen atoms in total. The fraction of sp³-hybridized carbons (Fsp3) is 0.235. The molecule has 2 unspecified atom stereocenters. The maximum absolute atomic E-state index is 6.87. The average Bonchev–Trinajstić information content (AvgIpc) is 3.55. The molecule has 0 saturated heterocycles. The van der Waals surface area contributed by atoms with E-state index in [1.54, 1.807) is 5.56 Å². The van der Waals surface area contributed by atoms with Crippen molar-refractivity contribution < 1.29 is 4.42 Å².